The molecule has 1 N–H and O–H groups in total. The minimum atomic E-state index is -0.0518. The molecule has 25 heavy (non-hydrogen) atoms. The number of nitrogens with zero attached hydrogens (tertiary/aromatic N) is 2. The summed E-state index contributed by atoms with van der Waals surface area (Å²) in [6.45, 7) is 7.00. The monoisotopic (exact) mass is 341 g/mol. The highest BCUT2D eigenvalue weighted by molar-refractivity contribution is 6.06. The van der Waals surface area contributed by atoms with E-state index in [0.29, 0.717) is 28.8 Å². The normalized spacial score (nSPS) is 30.1. The van der Waals surface area contributed by atoms with E-state index in [1.807, 2.05) is 13.0 Å². The maximum absolute atomic E-state index is 13.1. The van der Waals surface area contributed by atoms with Gasteiger partial charge in [-0.2, -0.15) is 0 Å². The molecule has 2 aliphatic carbocycles. The fourth-order valence-corrected chi connectivity index (χ4v) is 4.72. The highest BCUT2D eigenvalue weighted by atomic mass is 16.5. The zero-order valence-electron chi connectivity index (χ0n) is 14.8. The summed E-state index contributed by atoms with van der Waals surface area (Å²) in [6.07, 6.45) is 3.53. The molecule has 1 saturated heterocycles. The Kier molecular flexibility index (Phi) is 3.08. The van der Waals surface area contributed by atoms with E-state index >= 15 is 0 Å². The summed E-state index contributed by atoms with van der Waals surface area (Å²) >= 11 is 0. The SMILES string of the molecule is Cc1noc2nc(C3CC3)cc(C(=O)N[C@@H]3[C@H]4CCO[C@@H]4C3(C)C)c12. The van der Waals surface area contributed by atoms with Gasteiger partial charge in [0.2, 0.25) is 0 Å². The number of fused-ring (bicyclic) bond motifs is 2. The quantitative estimate of drug-likeness (QED) is 0.929. The highest BCUT2D eigenvalue weighted by Crippen LogP contribution is 2.52. The van der Waals surface area contributed by atoms with Gasteiger partial charge in [-0.05, 0) is 32.3 Å². The van der Waals surface area contributed by atoms with E-state index in [9.17, 15) is 4.79 Å². The Balaban J connectivity index is 1.50. The number of nitrogens with one attached hydrogen (secondary N) is 1. The lowest BCUT2D eigenvalue weighted by molar-refractivity contribution is -0.108. The number of carbonyl (C=O) groups is 1. The zero-order chi connectivity index (χ0) is 17.3. The Morgan fingerprint density at radius 3 is 2.88 bits per heavy atom. The third-order valence-corrected chi connectivity index (χ3v) is 6.26. The van der Waals surface area contributed by atoms with E-state index in [1.54, 1.807) is 0 Å². The van der Waals surface area contributed by atoms with Crippen LogP contribution in [0.25, 0.3) is 11.1 Å². The van der Waals surface area contributed by atoms with Gasteiger partial charge in [0.15, 0.2) is 0 Å². The lowest BCUT2D eigenvalue weighted by Crippen LogP contribution is -2.66. The molecule has 6 heteroatoms. The molecule has 3 heterocycles. The first-order chi connectivity index (χ1) is 12.0. The van der Waals surface area contributed by atoms with E-state index in [4.69, 9.17) is 9.26 Å². The molecule has 0 radical (unpaired) electrons. The molecular weight excluding hydrogens is 318 g/mol. The molecule has 2 aromatic rings. The van der Waals surface area contributed by atoms with Crippen LogP contribution in [0.1, 0.15) is 60.8 Å². The Morgan fingerprint density at radius 2 is 2.12 bits per heavy atom. The predicted molar refractivity (Wildman–Crippen MR) is 91.4 cm³/mol. The predicted octanol–water partition coefficient (Wildman–Crippen LogP) is 2.95. The topological polar surface area (TPSA) is 77.2 Å². The van der Waals surface area contributed by atoms with Gasteiger partial charge < -0.3 is 14.6 Å². The molecule has 2 aromatic heterocycles. The molecule has 0 bridgehead atoms. The third-order valence-electron chi connectivity index (χ3n) is 6.26. The lowest BCUT2D eigenvalue weighted by Gasteiger charge is -2.54. The van der Waals surface area contributed by atoms with Crippen LogP contribution in [-0.2, 0) is 4.74 Å². The van der Waals surface area contributed by atoms with Crippen LogP contribution >= 0.6 is 0 Å². The van der Waals surface area contributed by atoms with Crippen molar-refractivity contribution in [1.29, 1.82) is 0 Å². The van der Waals surface area contributed by atoms with Crippen LogP contribution in [0.4, 0.5) is 0 Å². The molecule has 132 valence electrons. The smallest absolute Gasteiger partial charge is 0.259 e. The lowest BCUT2D eigenvalue weighted by atomic mass is 9.57. The Bertz CT molecular complexity index is 868. The first-order valence-corrected chi connectivity index (χ1v) is 9.16. The van der Waals surface area contributed by atoms with E-state index in [2.05, 4.69) is 29.3 Å². The highest BCUT2D eigenvalue weighted by Gasteiger charge is 2.59. The van der Waals surface area contributed by atoms with Gasteiger partial charge in [0.1, 0.15) is 0 Å². The summed E-state index contributed by atoms with van der Waals surface area (Å²) in [5, 5.41) is 8.03. The van der Waals surface area contributed by atoms with Crippen LogP contribution in [0.15, 0.2) is 10.6 Å². The number of hydrogen-bond donors (Lipinski definition) is 1. The van der Waals surface area contributed by atoms with Crippen molar-refractivity contribution in [1.82, 2.24) is 15.5 Å². The van der Waals surface area contributed by atoms with Gasteiger partial charge in [-0.15, -0.1) is 0 Å². The van der Waals surface area contributed by atoms with Crippen molar-refractivity contribution in [3.63, 3.8) is 0 Å². The Morgan fingerprint density at radius 1 is 1.32 bits per heavy atom. The van der Waals surface area contributed by atoms with Crippen LogP contribution in [-0.4, -0.2) is 34.8 Å². The van der Waals surface area contributed by atoms with E-state index in [1.165, 1.54) is 0 Å². The minimum Gasteiger partial charge on any atom is -0.377 e. The van der Waals surface area contributed by atoms with E-state index in [0.717, 1.165) is 36.9 Å². The van der Waals surface area contributed by atoms with Crippen molar-refractivity contribution in [2.24, 2.45) is 11.3 Å². The van der Waals surface area contributed by atoms with E-state index in [-0.39, 0.29) is 23.5 Å². The van der Waals surface area contributed by atoms with Gasteiger partial charge in [-0.1, -0.05) is 19.0 Å². The van der Waals surface area contributed by atoms with Gasteiger partial charge in [0.25, 0.3) is 11.6 Å². The third kappa shape index (κ3) is 2.16. The van der Waals surface area contributed by atoms with Gasteiger partial charge >= 0.3 is 0 Å². The van der Waals surface area contributed by atoms with Crippen molar-refractivity contribution in [3.05, 3.63) is 23.0 Å². The van der Waals surface area contributed by atoms with Crippen LogP contribution < -0.4 is 5.32 Å². The summed E-state index contributed by atoms with van der Waals surface area (Å²) in [4.78, 5) is 17.7. The summed E-state index contributed by atoms with van der Waals surface area (Å²) < 4.78 is 11.2. The molecule has 2 saturated carbocycles. The van der Waals surface area contributed by atoms with Crippen molar-refractivity contribution < 1.29 is 14.1 Å². The molecule has 0 unspecified atom stereocenters. The molecule has 1 amide bonds. The first kappa shape index (κ1) is 15.3. The van der Waals surface area contributed by atoms with Crippen LogP contribution in [0.5, 0.6) is 0 Å². The number of rotatable bonds is 3. The van der Waals surface area contributed by atoms with Crippen LogP contribution in [0.2, 0.25) is 0 Å². The van der Waals surface area contributed by atoms with Crippen molar-refractivity contribution in [2.45, 2.75) is 58.1 Å². The number of ether oxygens (including phenoxy) is 1. The van der Waals surface area contributed by atoms with Crippen LogP contribution in [0, 0.1) is 18.3 Å². The second kappa shape index (κ2) is 5.04. The summed E-state index contributed by atoms with van der Waals surface area (Å²) in [7, 11) is 0. The molecule has 3 atom stereocenters. The number of pyridine rings is 1. The molecule has 6 nitrogen and oxygen atoms in total. The maximum Gasteiger partial charge on any atom is 0.259 e. The minimum absolute atomic E-state index is 0.0357. The van der Waals surface area contributed by atoms with Crippen molar-refractivity contribution in [3.8, 4) is 0 Å². The number of carbonyl (C=O) groups excluding carboxylic acids is 1. The van der Waals surface area contributed by atoms with Crippen molar-refractivity contribution in [2.75, 3.05) is 6.61 Å². The molecule has 1 aliphatic heterocycles. The second-order valence-electron chi connectivity index (χ2n) is 8.33. The first-order valence-electron chi connectivity index (χ1n) is 9.16. The summed E-state index contributed by atoms with van der Waals surface area (Å²) in [5.41, 5.74) is 2.74. The molecule has 0 aromatic carbocycles. The standard InChI is InChI=1S/C19H23N3O3/c1-9-14-12(8-13(10-4-5-10)20-18(14)25-22-9)17(23)21-15-11-6-7-24-16(11)19(15,2)3/h8,10-11,15-16H,4-7H2,1-3H3,(H,21,23)/t11-,15-,16+/m1/s1. The largest absolute Gasteiger partial charge is 0.377 e. The van der Waals surface area contributed by atoms with E-state index < -0.39 is 0 Å². The summed E-state index contributed by atoms with van der Waals surface area (Å²) in [5.74, 6) is 0.820. The average Bonchev–Trinajstić information content (AvgIpc) is 3.23. The van der Waals surface area contributed by atoms with Gasteiger partial charge in [0, 0.05) is 35.6 Å². The number of aromatic nitrogens is 2. The van der Waals surface area contributed by atoms with Crippen molar-refractivity contribution >= 4 is 17.0 Å². The maximum atomic E-state index is 13.1. The Labute approximate surface area is 146 Å². The molecule has 0 spiro atoms. The van der Waals surface area contributed by atoms with Gasteiger partial charge in [-0.3, -0.25) is 4.79 Å². The summed E-state index contributed by atoms with van der Waals surface area (Å²) in [6, 6.07) is 2.08. The van der Waals surface area contributed by atoms with Gasteiger partial charge in [-0.25, -0.2) is 4.98 Å². The number of aryl methyl sites for hydroxylation is 1. The number of hydrogen-bond acceptors (Lipinski definition) is 5. The molecule has 5 rings (SSSR count). The zero-order valence-corrected chi connectivity index (χ0v) is 14.8. The number of amides is 1. The molecule has 3 aliphatic rings. The second-order valence-corrected chi connectivity index (χ2v) is 8.33. The fraction of sp³-hybridized carbons (Fsp3) is 0.632. The molecular formula is C19H23N3O3. The fourth-order valence-electron chi connectivity index (χ4n) is 4.72. The van der Waals surface area contributed by atoms with Gasteiger partial charge in [0.05, 0.1) is 22.7 Å². The van der Waals surface area contributed by atoms with Crippen LogP contribution in [0.3, 0.4) is 0 Å². The average molecular weight is 341 g/mol. The molecule has 3 fully saturated rings. The Hall–Kier alpha value is -1.95.